The van der Waals surface area contributed by atoms with Gasteiger partial charge in [0.1, 0.15) is 6.42 Å². The molecule has 164 valence electrons. The second-order valence-corrected chi connectivity index (χ2v) is 7.80. The normalized spacial score (nSPS) is 17.8. The zero-order valence-electron chi connectivity index (χ0n) is 17.8. The smallest absolute Gasteiger partial charge is 0.252 e. The van der Waals surface area contributed by atoms with E-state index in [4.69, 9.17) is 15.7 Å². The van der Waals surface area contributed by atoms with E-state index in [0.29, 0.717) is 30.2 Å². The molecular formula is C22H23N7O3. The largest absolute Gasteiger partial charge is 0.481 e. The molecule has 1 saturated heterocycles. The standard InChI is InChI=1S/C22H23N7O3/c1-13-10-28(20(30)3-5-23)12-17(13)27-21-16(22(24)31)9-26-29-11-15(7-18(21)29)14-4-6-25-19(8-14)32-2/h4,6-9,11,13,17,27H,3,10,12H2,1-2H3,(H2,24,31)/t13-,17-/m1/s1. The first-order valence-corrected chi connectivity index (χ1v) is 10.1. The molecule has 0 radical (unpaired) electrons. The first kappa shape index (κ1) is 21.1. The second kappa shape index (κ2) is 8.55. The van der Waals surface area contributed by atoms with Crippen molar-refractivity contribution in [1.29, 1.82) is 5.26 Å². The number of nitrogens with two attached hydrogens (primary N) is 1. The third-order valence-corrected chi connectivity index (χ3v) is 5.70. The Balaban J connectivity index is 1.72. The molecule has 0 spiro atoms. The summed E-state index contributed by atoms with van der Waals surface area (Å²) in [6.07, 6.45) is 4.79. The summed E-state index contributed by atoms with van der Waals surface area (Å²) < 4.78 is 6.89. The van der Waals surface area contributed by atoms with Crippen molar-refractivity contribution in [2.24, 2.45) is 11.7 Å². The molecule has 3 aromatic rings. The minimum absolute atomic E-state index is 0.110. The van der Waals surface area contributed by atoms with Crippen LogP contribution in [0, 0.1) is 17.2 Å². The van der Waals surface area contributed by atoms with E-state index in [2.05, 4.69) is 15.4 Å². The Morgan fingerprint density at radius 2 is 2.16 bits per heavy atom. The van der Waals surface area contributed by atoms with Gasteiger partial charge in [-0.3, -0.25) is 9.59 Å². The SMILES string of the molecule is COc1cc(-c2cc3c(N[C@@H]4CN(C(=O)CC#N)C[C@H]4C)c(C(N)=O)cnn3c2)ccn1. The number of carbonyl (C=O) groups excluding carboxylic acids is 2. The van der Waals surface area contributed by atoms with Crippen molar-refractivity contribution in [2.75, 3.05) is 25.5 Å². The molecule has 1 aliphatic heterocycles. The first-order chi connectivity index (χ1) is 15.4. The number of anilines is 1. The van der Waals surface area contributed by atoms with Crippen LogP contribution in [0.5, 0.6) is 5.88 Å². The fraction of sp³-hybridized carbons (Fsp3) is 0.318. The van der Waals surface area contributed by atoms with Crippen LogP contribution in [-0.4, -0.2) is 57.6 Å². The number of fused-ring (bicyclic) bond motifs is 1. The number of aromatic nitrogens is 3. The molecule has 4 heterocycles. The summed E-state index contributed by atoms with van der Waals surface area (Å²) in [5.74, 6) is -0.191. The Morgan fingerprint density at radius 1 is 1.34 bits per heavy atom. The van der Waals surface area contributed by atoms with Crippen molar-refractivity contribution >= 4 is 23.0 Å². The number of likely N-dealkylation sites (tertiary alicyclic amines) is 1. The summed E-state index contributed by atoms with van der Waals surface area (Å²) in [6.45, 7) is 2.99. The van der Waals surface area contributed by atoms with Crippen LogP contribution in [0.3, 0.4) is 0 Å². The maximum atomic E-state index is 12.2. The Kier molecular flexibility index (Phi) is 5.64. The minimum atomic E-state index is -0.598. The highest BCUT2D eigenvalue weighted by Crippen LogP contribution is 2.31. The molecule has 0 aromatic carbocycles. The van der Waals surface area contributed by atoms with Crippen LogP contribution in [-0.2, 0) is 4.79 Å². The fourth-order valence-electron chi connectivity index (χ4n) is 3.98. The van der Waals surface area contributed by atoms with Crippen LogP contribution < -0.4 is 15.8 Å². The summed E-state index contributed by atoms with van der Waals surface area (Å²) in [6, 6.07) is 7.37. The summed E-state index contributed by atoms with van der Waals surface area (Å²) >= 11 is 0. The number of hydrogen-bond acceptors (Lipinski definition) is 7. The molecule has 10 heteroatoms. The number of nitrogens with zero attached hydrogens (tertiary/aromatic N) is 5. The third-order valence-electron chi connectivity index (χ3n) is 5.70. The van der Waals surface area contributed by atoms with Crippen molar-refractivity contribution < 1.29 is 14.3 Å². The van der Waals surface area contributed by atoms with Gasteiger partial charge in [-0.25, -0.2) is 9.50 Å². The van der Waals surface area contributed by atoms with E-state index < -0.39 is 5.91 Å². The van der Waals surface area contributed by atoms with Gasteiger partial charge in [0.25, 0.3) is 5.91 Å². The lowest BCUT2D eigenvalue weighted by Crippen LogP contribution is -2.32. The third kappa shape index (κ3) is 3.92. The molecule has 0 aliphatic carbocycles. The van der Waals surface area contributed by atoms with Crippen LogP contribution in [0.15, 0.2) is 36.8 Å². The van der Waals surface area contributed by atoms with Crippen LogP contribution in [0.2, 0.25) is 0 Å². The lowest BCUT2D eigenvalue weighted by molar-refractivity contribution is -0.129. The van der Waals surface area contributed by atoms with E-state index >= 15 is 0 Å². The van der Waals surface area contributed by atoms with Gasteiger partial charge in [-0.2, -0.15) is 10.4 Å². The molecule has 1 fully saturated rings. The Morgan fingerprint density at radius 3 is 2.88 bits per heavy atom. The summed E-state index contributed by atoms with van der Waals surface area (Å²) in [5.41, 5.74) is 8.90. The van der Waals surface area contributed by atoms with E-state index in [1.165, 1.54) is 6.20 Å². The summed E-state index contributed by atoms with van der Waals surface area (Å²) in [4.78, 5) is 30.1. The molecule has 3 N–H and O–H groups in total. The number of rotatable bonds is 6. The number of methoxy groups -OCH3 is 1. The molecule has 32 heavy (non-hydrogen) atoms. The van der Waals surface area contributed by atoms with E-state index in [9.17, 15) is 9.59 Å². The van der Waals surface area contributed by atoms with Crippen LogP contribution in [0.1, 0.15) is 23.7 Å². The molecule has 2 atom stereocenters. The molecule has 2 amide bonds. The quantitative estimate of drug-likeness (QED) is 0.603. The highest BCUT2D eigenvalue weighted by Gasteiger charge is 2.33. The zero-order chi connectivity index (χ0) is 22.8. The van der Waals surface area contributed by atoms with Gasteiger partial charge in [-0.15, -0.1) is 0 Å². The molecule has 0 saturated carbocycles. The van der Waals surface area contributed by atoms with Crippen LogP contribution in [0.25, 0.3) is 16.6 Å². The van der Waals surface area contributed by atoms with E-state index in [0.717, 1.165) is 11.1 Å². The predicted molar refractivity (Wildman–Crippen MR) is 117 cm³/mol. The average Bonchev–Trinajstić information content (AvgIpc) is 3.38. The average molecular weight is 433 g/mol. The number of amides is 2. The van der Waals surface area contributed by atoms with Gasteiger partial charge in [0, 0.05) is 43.2 Å². The number of carbonyl (C=O) groups is 2. The summed E-state index contributed by atoms with van der Waals surface area (Å²) in [7, 11) is 1.55. The molecule has 1 aliphatic rings. The molecule has 0 bridgehead atoms. The monoisotopic (exact) mass is 433 g/mol. The molecule has 10 nitrogen and oxygen atoms in total. The highest BCUT2D eigenvalue weighted by atomic mass is 16.5. The van der Waals surface area contributed by atoms with Gasteiger partial charge < -0.3 is 20.7 Å². The van der Waals surface area contributed by atoms with Gasteiger partial charge in [0.2, 0.25) is 11.8 Å². The number of hydrogen-bond donors (Lipinski definition) is 2. The van der Waals surface area contributed by atoms with Gasteiger partial charge in [-0.05, 0) is 23.6 Å². The Hall–Kier alpha value is -4.13. The number of nitriles is 1. The van der Waals surface area contributed by atoms with Gasteiger partial charge in [-0.1, -0.05) is 6.92 Å². The number of pyridine rings is 1. The molecule has 0 unspecified atom stereocenters. The van der Waals surface area contributed by atoms with Crippen molar-refractivity contribution in [3.05, 3.63) is 42.4 Å². The van der Waals surface area contributed by atoms with Crippen LogP contribution >= 0.6 is 0 Å². The maximum Gasteiger partial charge on any atom is 0.252 e. The second-order valence-electron chi connectivity index (χ2n) is 7.80. The zero-order valence-corrected chi connectivity index (χ0v) is 17.8. The van der Waals surface area contributed by atoms with E-state index in [1.54, 1.807) is 22.7 Å². The number of primary amides is 1. The van der Waals surface area contributed by atoms with Crippen molar-refractivity contribution in [3.8, 4) is 23.1 Å². The molecule has 4 rings (SSSR count). The van der Waals surface area contributed by atoms with E-state index in [-0.39, 0.29) is 29.9 Å². The Labute approximate surface area is 184 Å². The topological polar surface area (TPSA) is 139 Å². The minimum Gasteiger partial charge on any atom is -0.481 e. The molecular weight excluding hydrogens is 410 g/mol. The van der Waals surface area contributed by atoms with Crippen molar-refractivity contribution in [3.63, 3.8) is 0 Å². The Bertz CT molecular complexity index is 1230. The van der Waals surface area contributed by atoms with Gasteiger partial charge >= 0.3 is 0 Å². The maximum absolute atomic E-state index is 12.2. The van der Waals surface area contributed by atoms with Crippen molar-refractivity contribution in [1.82, 2.24) is 19.5 Å². The van der Waals surface area contributed by atoms with Gasteiger partial charge in [0.15, 0.2) is 0 Å². The molecule has 3 aromatic heterocycles. The number of ether oxygens (including phenoxy) is 1. The number of nitrogens with one attached hydrogen (secondary N) is 1. The lowest BCUT2D eigenvalue weighted by Gasteiger charge is -2.20. The van der Waals surface area contributed by atoms with Crippen LogP contribution in [0.4, 0.5) is 5.69 Å². The highest BCUT2D eigenvalue weighted by molar-refractivity contribution is 6.02. The van der Waals surface area contributed by atoms with Gasteiger partial charge in [0.05, 0.1) is 36.1 Å². The first-order valence-electron chi connectivity index (χ1n) is 10.1. The van der Waals surface area contributed by atoms with Crippen molar-refractivity contribution in [2.45, 2.75) is 19.4 Å². The fourth-order valence-corrected chi connectivity index (χ4v) is 3.98. The lowest BCUT2D eigenvalue weighted by atomic mass is 10.1. The van der Waals surface area contributed by atoms with E-state index in [1.807, 2.05) is 37.4 Å². The summed E-state index contributed by atoms with van der Waals surface area (Å²) in [5, 5.41) is 16.6. The predicted octanol–water partition coefficient (Wildman–Crippen LogP) is 1.68.